The van der Waals surface area contributed by atoms with Gasteiger partial charge in [-0.15, -0.1) is 0 Å². The highest BCUT2D eigenvalue weighted by atomic mass is 16.4. The third-order valence-electron chi connectivity index (χ3n) is 1.49. The Balaban J connectivity index is 0. The summed E-state index contributed by atoms with van der Waals surface area (Å²) in [6.45, 7) is 9.41. The number of hydrogen-bond acceptors (Lipinski definition) is 2. The molecule has 11 heavy (non-hydrogen) atoms. The summed E-state index contributed by atoms with van der Waals surface area (Å²) in [4.78, 5) is 9.00. The summed E-state index contributed by atoms with van der Waals surface area (Å²) in [7, 11) is 0. The molecule has 3 nitrogen and oxygen atoms in total. The Morgan fingerprint density at radius 1 is 1.45 bits per heavy atom. The normalized spacial score (nSPS) is 10.5. The lowest BCUT2D eigenvalue weighted by Crippen LogP contribution is -2.37. The molecule has 0 spiro atoms. The van der Waals surface area contributed by atoms with Gasteiger partial charge in [0.25, 0.3) is 5.97 Å². The summed E-state index contributed by atoms with van der Waals surface area (Å²) in [5.41, 5.74) is 5.68. The zero-order valence-electron chi connectivity index (χ0n) is 8.01. The molecule has 0 aromatic carbocycles. The van der Waals surface area contributed by atoms with Gasteiger partial charge in [-0.25, -0.2) is 0 Å². The third-order valence-corrected chi connectivity index (χ3v) is 1.49. The number of aliphatic carboxylic acids is 1. The number of carboxylic acid groups (broad SMARTS) is 1. The molecule has 0 saturated heterocycles. The van der Waals surface area contributed by atoms with Gasteiger partial charge in [0.05, 0.1) is 0 Å². The van der Waals surface area contributed by atoms with Gasteiger partial charge in [0, 0.05) is 12.5 Å². The van der Waals surface area contributed by atoms with Crippen LogP contribution in [0.1, 0.15) is 34.6 Å². The second kappa shape index (κ2) is 5.13. The summed E-state index contributed by atoms with van der Waals surface area (Å²) in [5, 5.41) is 7.42. The van der Waals surface area contributed by atoms with Gasteiger partial charge in [-0.2, -0.15) is 0 Å². The average Bonchev–Trinajstić information content (AvgIpc) is 1.59. The van der Waals surface area contributed by atoms with E-state index < -0.39 is 5.97 Å². The van der Waals surface area contributed by atoms with Crippen LogP contribution in [-0.4, -0.2) is 16.6 Å². The van der Waals surface area contributed by atoms with Crippen molar-refractivity contribution < 1.29 is 9.90 Å². The van der Waals surface area contributed by atoms with Crippen LogP contribution in [0.5, 0.6) is 0 Å². The van der Waals surface area contributed by atoms with Crippen LogP contribution >= 0.6 is 0 Å². The van der Waals surface area contributed by atoms with Gasteiger partial charge in [-0.05, 0) is 19.8 Å². The number of rotatable bonds is 1. The van der Waals surface area contributed by atoms with Crippen LogP contribution in [0.25, 0.3) is 0 Å². The maximum Gasteiger partial charge on any atom is 0.300 e. The Morgan fingerprint density at radius 2 is 1.55 bits per heavy atom. The molecule has 0 amide bonds. The van der Waals surface area contributed by atoms with Crippen LogP contribution in [-0.2, 0) is 4.79 Å². The highest BCUT2D eigenvalue weighted by Crippen LogP contribution is 2.09. The lowest BCUT2D eigenvalue weighted by atomic mass is 9.92. The van der Waals surface area contributed by atoms with E-state index in [1.807, 2.05) is 13.8 Å². The predicted molar refractivity (Wildman–Crippen MR) is 46.4 cm³/mol. The summed E-state index contributed by atoms with van der Waals surface area (Å²) in [6.07, 6.45) is 0. The van der Waals surface area contributed by atoms with Crippen molar-refractivity contribution >= 4 is 5.97 Å². The fourth-order valence-corrected chi connectivity index (χ4v) is 0. The molecule has 0 heterocycles. The first-order valence-corrected chi connectivity index (χ1v) is 3.66. The van der Waals surface area contributed by atoms with Gasteiger partial charge in [0.15, 0.2) is 0 Å². The quantitative estimate of drug-likeness (QED) is 0.612. The Hall–Kier alpha value is -0.570. The largest absolute Gasteiger partial charge is 0.481 e. The lowest BCUT2D eigenvalue weighted by molar-refractivity contribution is -0.134. The maximum atomic E-state index is 9.00. The van der Waals surface area contributed by atoms with Crippen molar-refractivity contribution in [1.29, 1.82) is 0 Å². The standard InChI is InChI=1S/C6H15N.C2H4O2/c1-5(2)6(3,4)7;1-2(3)4/h5H,7H2,1-4H3;1H3,(H,3,4). The summed E-state index contributed by atoms with van der Waals surface area (Å²) in [5.74, 6) is -0.257. The molecule has 0 rings (SSSR count). The molecule has 0 saturated carbocycles. The molecule has 0 radical (unpaired) electrons. The summed E-state index contributed by atoms with van der Waals surface area (Å²) < 4.78 is 0. The molecule has 68 valence electrons. The van der Waals surface area contributed by atoms with Crippen LogP contribution in [0.2, 0.25) is 0 Å². The second-order valence-corrected chi connectivity index (χ2v) is 3.50. The van der Waals surface area contributed by atoms with Crippen molar-refractivity contribution in [3.05, 3.63) is 0 Å². The minimum absolute atomic E-state index is 0. The number of carboxylic acids is 1. The van der Waals surface area contributed by atoms with E-state index in [2.05, 4.69) is 13.8 Å². The van der Waals surface area contributed by atoms with E-state index >= 15 is 0 Å². The first kappa shape index (κ1) is 13.1. The second-order valence-electron chi connectivity index (χ2n) is 3.50. The zero-order chi connectivity index (χ0) is 9.65. The average molecular weight is 161 g/mol. The molecule has 0 aliphatic rings. The summed E-state index contributed by atoms with van der Waals surface area (Å²) in [6, 6.07) is 0. The van der Waals surface area contributed by atoms with Crippen molar-refractivity contribution in [1.82, 2.24) is 0 Å². The van der Waals surface area contributed by atoms with E-state index in [9.17, 15) is 0 Å². The van der Waals surface area contributed by atoms with Gasteiger partial charge < -0.3 is 10.8 Å². The van der Waals surface area contributed by atoms with E-state index in [0.717, 1.165) is 6.92 Å². The minimum Gasteiger partial charge on any atom is -0.481 e. The molecule has 0 aliphatic carbocycles. The molecule has 3 N–H and O–H groups in total. The van der Waals surface area contributed by atoms with E-state index in [0.29, 0.717) is 5.92 Å². The molecule has 0 aromatic rings. The van der Waals surface area contributed by atoms with Gasteiger partial charge in [-0.3, -0.25) is 4.79 Å². The Kier molecular flexibility index (Phi) is 6.09. The lowest BCUT2D eigenvalue weighted by Gasteiger charge is -2.22. The molecular formula is C8H19NO2. The van der Waals surface area contributed by atoms with Crippen molar-refractivity contribution in [2.75, 3.05) is 0 Å². The van der Waals surface area contributed by atoms with Crippen molar-refractivity contribution in [3.8, 4) is 0 Å². The molecule has 0 fully saturated rings. The molecule has 0 atom stereocenters. The molecule has 0 aliphatic heterocycles. The Labute approximate surface area is 68.6 Å². The van der Waals surface area contributed by atoms with Crippen molar-refractivity contribution in [2.45, 2.75) is 40.2 Å². The number of hydrogen-bond donors (Lipinski definition) is 2. The smallest absolute Gasteiger partial charge is 0.300 e. The molecule has 3 heteroatoms. The predicted octanol–water partition coefficient (Wildman–Crippen LogP) is 1.47. The van der Waals surface area contributed by atoms with Crippen LogP contribution in [0.4, 0.5) is 0 Å². The molecule has 0 bridgehead atoms. The van der Waals surface area contributed by atoms with Gasteiger partial charge in [0.1, 0.15) is 0 Å². The fraction of sp³-hybridized carbons (Fsp3) is 0.875. The topological polar surface area (TPSA) is 63.3 Å². The first-order valence-electron chi connectivity index (χ1n) is 3.66. The fourth-order valence-electron chi connectivity index (χ4n) is 0. The van der Waals surface area contributed by atoms with Crippen LogP contribution in [0, 0.1) is 5.92 Å². The minimum atomic E-state index is -0.833. The number of nitrogens with two attached hydrogens (primary N) is 1. The van der Waals surface area contributed by atoms with E-state index in [1.165, 1.54) is 0 Å². The van der Waals surface area contributed by atoms with E-state index in [4.69, 9.17) is 15.6 Å². The van der Waals surface area contributed by atoms with Crippen LogP contribution in [0.15, 0.2) is 0 Å². The van der Waals surface area contributed by atoms with Crippen LogP contribution < -0.4 is 5.73 Å². The SMILES string of the molecule is CC(=O)O.CC(C)C(C)(C)N. The van der Waals surface area contributed by atoms with Gasteiger partial charge in [-0.1, -0.05) is 13.8 Å². The highest BCUT2D eigenvalue weighted by Gasteiger charge is 2.14. The van der Waals surface area contributed by atoms with Crippen molar-refractivity contribution in [3.63, 3.8) is 0 Å². The van der Waals surface area contributed by atoms with Gasteiger partial charge >= 0.3 is 0 Å². The number of carbonyl (C=O) groups is 1. The first-order chi connectivity index (χ1) is 4.68. The highest BCUT2D eigenvalue weighted by molar-refractivity contribution is 5.62. The van der Waals surface area contributed by atoms with E-state index in [-0.39, 0.29) is 5.54 Å². The summed E-state index contributed by atoms with van der Waals surface area (Å²) >= 11 is 0. The molecule has 0 aromatic heterocycles. The Bertz CT molecular complexity index is 110. The van der Waals surface area contributed by atoms with Crippen LogP contribution in [0.3, 0.4) is 0 Å². The molecule has 0 unspecified atom stereocenters. The third kappa shape index (κ3) is 17.7. The molecular weight excluding hydrogens is 142 g/mol. The monoisotopic (exact) mass is 161 g/mol. The maximum absolute atomic E-state index is 9.00. The van der Waals surface area contributed by atoms with Crippen molar-refractivity contribution in [2.24, 2.45) is 11.7 Å². The zero-order valence-corrected chi connectivity index (χ0v) is 8.01. The van der Waals surface area contributed by atoms with Gasteiger partial charge in [0.2, 0.25) is 0 Å². The Morgan fingerprint density at radius 3 is 1.55 bits per heavy atom. The van der Waals surface area contributed by atoms with E-state index in [1.54, 1.807) is 0 Å².